The van der Waals surface area contributed by atoms with E-state index in [2.05, 4.69) is 4.90 Å². The number of aromatic hydroxyl groups is 3. The number of phenolic OH excluding ortho intramolecular Hbond substituents is 3. The highest BCUT2D eigenvalue weighted by Crippen LogP contribution is 2.39. The predicted octanol–water partition coefficient (Wildman–Crippen LogP) is 7.30. The third-order valence-corrected chi connectivity index (χ3v) is 5.91. The molecule has 0 aromatic heterocycles. The van der Waals surface area contributed by atoms with Crippen molar-refractivity contribution in [1.82, 2.24) is 0 Å². The minimum Gasteiger partial charge on any atom is -0.508 e. The second-order valence-corrected chi connectivity index (χ2v) is 8.21. The van der Waals surface area contributed by atoms with Crippen LogP contribution in [-0.2, 0) is 0 Å². The molecule has 0 amide bonds. The van der Waals surface area contributed by atoms with Crippen LogP contribution in [0.25, 0.3) is 0 Å². The summed E-state index contributed by atoms with van der Waals surface area (Å²) in [4.78, 5) is 2.05. The summed E-state index contributed by atoms with van der Waals surface area (Å²) in [7, 11) is 0. The quantitative estimate of drug-likeness (QED) is 0.303. The van der Waals surface area contributed by atoms with Crippen molar-refractivity contribution in [2.75, 3.05) is 4.90 Å². The van der Waals surface area contributed by atoms with E-state index < -0.39 is 0 Å². The Hall–Kier alpha value is -4.12. The van der Waals surface area contributed by atoms with Crippen LogP contribution in [0.4, 0.5) is 17.1 Å². The largest absolute Gasteiger partial charge is 0.508 e. The van der Waals surface area contributed by atoms with Crippen molar-refractivity contribution in [2.24, 2.45) is 0 Å². The van der Waals surface area contributed by atoms with E-state index in [4.69, 9.17) is 4.74 Å². The lowest BCUT2D eigenvalue weighted by molar-refractivity contribution is 0.457. The monoisotopic (exact) mass is 441 g/mol. The number of nitrogens with zero attached hydrogens (tertiary/aromatic N) is 1. The topological polar surface area (TPSA) is 73.2 Å². The maximum absolute atomic E-state index is 10.00. The van der Waals surface area contributed by atoms with Gasteiger partial charge in [0.25, 0.3) is 0 Å². The number of rotatable bonds is 5. The first kappa shape index (κ1) is 22.1. The number of anilines is 3. The Labute approximate surface area is 193 Å². The number of phenols is 3. The van der Waals surface area contributed by atoms with Crippen molar-refractivity contribution in [1.29, 1.82) is 0 Å². The Balaban J connectivity index is 1.72. The molecule has 0 aliphatic rings. The van der Waals surface area contributed by atoms with Gasteiger partial charge in [0.05, 0.1) is 0 Å². The molecule has 4 rings (SSSR count). The molecule has 0 aliphatic carbocycles. The van der Waals surface area contributed by atoms with Gasteiger partial charge in [0.15, 0.2) is 0 Å². The van der Waals surface area contributed by atoms with Crippen LogP contribution in [0.15, 0.2) is 72.8 Å². The third-order valence-electron chi connectivity index (χ3n) is 5.91. The van der Waals surface area contributed by atoms with Crippen LogP contribution in [-0.4, -0.2) is 15.3 Å². The molecule has 0 atom stereocenters. The minimum atomic E-state index is 0.240. The molecule has 0 saturated carbocycles. The Morgan fingerprint density at radius 3 is 1.55 bits per heavy atom. The van der Waals surface area contributed by atoms with Gasteiger partial charge in [-0.25, -0.2) is 0 Å². The van der Waals surface area contributed by atoms with Crippen LogP contribution in [0.5, 0.6) is 28.7 Å². The highest BCUT2D eigenvalue weighted by molar-refractivity contribution is 5.78. The molecular formula is C28H27NO4. The predicted molar refractivity (Wildman–Crippen MR) is 132 cm³/mol. The summed E-state index contributed by atoms with van der Waals surface area (Å²) < 4.78 is 6.07. The number of hydrogen-bond donors (Lipinski definition) is 3. The lowest BCUT2D eigenvalue weighted by Crippen LogP contribution is -2.10. The third kappa shape index (κ3) is 4.44. The van der Waals surface area contributed by atoms with Crippen LogP contribution in [0.3, 0.4) is 0 Å². The summed E-state index contributed by atoms with van der Waals surface area (Å²) >= 11 is 0. The van der Waals surface area contributed by atoms with Gasteiger partial charge in [0.2, 0.25) is 0 Å². The summed E-state index contributed by atoms with van der Waals surface area (Å²) in [6, 6.07) is 22.0. The van der Waals surface area contributed by atoms with Gasteiger partial charge in [-0.05, 0) is 123 Å². The molecule has 0 aliphatic heterocycles. The van der Waals surface area contributed by atoms with Crippen molar-refractivity contribution in [3.8, 4) is 28.7 Å². The zero-order chi connectivity index (χ0) is 23.7. The van der Waals surface area contributed by atoms with Gasteiger partial charge >= 0.3 is 0 Å². The van der Waals surface area contributed by atoms with Gasteiger partial charge in [0.1, 0.15) is 28.7 Å². The zero-order valence-corrected chi connectivity index (χ0v) is 19.1. The van der Waals surface area contributed by atoms with E-state index in [1.54, 1.807) is 24.3 Å². The molecule has 4 aromatic rings. The van der Waals surface area contributed by atoms with E-state index in [1.165, 1.54) is 0 Å². The fourth-order valence-corrected chi connectivity index (χ4v) is 3.69. The van der Waals surface area contributed by atoms with Gasteiger partial charge in [-0.1, -0.05) is 0 Å². The van der Waals surface area contributed by atoms with Gasteiger partial charge < -0.3 is 25.0 Å². The van der Waals surface area contributed by atoms with Crippen LogP contribution >= 0.6 is 0 Å². The highest BCUT2D eigenvalue weighted by Gasteiger charge is 2.15. The molecule has 168 valence electrons. The zero-order valence-electron chi connectivity index (χ0n) is 19.1. The highest BCUT2D eigenvalue weighted by atomic mass is 16.5. The molecule has 5 nitrogen and oxygen atoms in total. The fourth-order valence-electron chi connectivity index (χ4n) is 3.69. The standard InChI is InChI=1S/C28H27NO4/c1-17-15-22(7-11-25(17)30)29(23-8-12-26(31)18(2)16-23)21-5-9-24(10-6-21)33-28-14-13-27(32)19(3)20(28)4/h5-16,30-32H,1-4H3. The van der Waals surface area contributed by atoms with Crippen molar-refractivity contribution in [2.45, 2.75) is 27.7 Å². The maximum Gasteiger partial charge on any atom is 0.130 e. The molecule has 5 heteroatoms. The van der Waals surface area contributed by atoms with Gasteiger partial charge in [-0.2, -0.15) is 0 Å². The van der Waals surface area contributed by atoms with E-state index in [0.29, 0.717) is 11.5 Å². The SMILES string of the molecule is Cc1cc(N(c2ccc(Oc3ccc(O)c(C)c3C)cc2)c2ccc(O)c(C)c2)ccc1O. The average Bonchev–Trinajstić information content (AvgIpc) is 2.80. The smallest absolute Gasteiger partial charge is 0.130 e. The van der Waals surface area contributed by atoms with Crippen LogP contribution < -0.4 is 9.64 Å². The molecule has 0 heterocycles. The summed E-state index contributed by atoms with van der Waals surface area (Å²) in [6.45, 7) is 7.49. The summed E-state index contributed by atoms with van der Waals surface area (Å²) in [6.07, 6.45) is 0. The Kier molecular flexibility index (Phi) is 5.88. The number of benzene rings is 4. The van der Waals surface area contributed by atoms with Gasteiger partial charge in [-0.15, -0.1) is 0 Å². The van der Waals surface area contributed by atoms with Crippen molar-refractivity contribution in [3.05, 3.63) is 95.1 Å². The fraction of sp³-hybridized carbons (Fsp3) is 0.143. The molecule has 0 spiro atoms. The molecule has 0 bridgehead atoms. The molecule has 0 saturated heterocycles. The van der Waals surface area contributed by atoms with Crippen LogP contribution in [0.1, 0.15) is 22.3 Å². The first-order chi connectivity index (χ1) is 15.7. The first-order valence-electron chi connectivity index (χ1n) is 10.7. The molecule has 33 heavy (non-hydrogen) atoms. The van der Waals surface area contributed by atoms with Crippen molar-refractivity contribution in [3.63, 3.8) is 0 Å². The molecule has 0 fully saturated rings. The van der Waals surface area contributed by atoms with Crippen LogP contribution in [0.2, 0.25) is 0 Å². The average molecular weight is 442 g/mol. The summed E-state index contributed by atoms with van der Waals surface area (Å²) in [5.41, 5.74) is 5.89. The first-order valence-corrected chi connectivity index (χ1v) is 10.7. The van der Waals surface area contributed by atoms with E-state index in [1.807, 2.05) is 76.2 Å². The molecule has 3 N–H and O–H groups in total. The van der Waals surface area contributed by atoms with Gasteiger partial charge in [0, 0.05) is 17.1 Å². The minimum absolute atomic E-state index is 0.240. The van der Waals surface area contributed by atoms with Crippen molar-refractivity contribution >= 4 is 17.1 Å². The maximum atomic E-state index is 10.00. The van der Waals surface area contributed by atoms with E-state index in [9.17, 15) is 15.3 Å². The molecule has 4 aromatic carbocycles. The van der Waals surface area contributed by atoms with E-state index >= 15 is 0 Å². The Bertz CT molecular complexity index is 1260. The Morgan fingerprint density at radius 1 is 0.545 bits per heavy atom. The summed E-state index contributed by atoms with van der Waals surface area (Å²) in [5.74, 6) is 2.10. The Morgan fingerprint density at radius 2 is 1.03 bits per heavy atom. The molecule has 0 unspecified atom stereocenters. The number of ether oxygens (including phenoxy) is 1. The molecular weight excluding hydrogens is 414 g/mol. The normalized spacial score (nSPS) is 10.8. The molecule has 0 radical (unpaired) electrons. The number of aryl methyl sites for hydroxylation is 2. The van der Waals surface area contributed by atoms with Crippen molar-refractivity contribution < 1.29 is 20.1 Å². The summed E-state index contributed by atoms with van der Waals surface area (Å²) in [5, 5.41) is 29.9. The van der Waals surface area contributed by atoms with E-state index in [0.717, 1.165) is 39.3 Å². The lowest BCUT2D eigenvalue weighted by atomic mass is 10.1. The van der Waals surface area contributed by atoms with E-state index in [-0.39, 0.29) is 17.2 Å². The number of hydrogen-bond acceptors (Lipinski definition) is 5. The lowest BCUT2D eigenvalue weighted by Gasteiger charge is -2.26. The second-order valence-electron chi connectivity index (χ2n) is 8.21. The second kappa shape index (κ2) is 8.79. The van der Waals surface area contributed by atoms with Crippen LogP contribution in [0, 0.1) is 27.7 Å². The van der Waals surface area contributed by atoms with Gasteiger partial charge in [-0.3, -0.25) is 0 Å².